The molecule has 2 saturated heterocycles. The van der Waals surface area contributed by atoms with Gasteiger partial charge in [-0.3, -0.25) is 9.17 Å². The average molecular weight is 777 g/mol. The molecule has 0 spiro atoms. The van der Waals surface area contributed by atoms with Gasteiger partial charge < -0.3 is 35.6 Å². The first kappa shape index (κ1) is 55.8. The van der Waals surface area contributed by atoms with E-state index in [1.165, 1.54) is 34.7 Å². The number of aliphatic hydroxyl groups excluding tert-OH is 1. The van der Waals surface area contributed by atoms with E-state index in [2.05, 4.69) is 9.17 Å². The smallest absolute Gasteiger partial charge is 0.870 e. The summed E-state index contributed by atoms with van der Waals surface area (Å²) in [4.78, 5) is 3.78. The van der Waals surface area contributed by atoms with E-state index in [9.17, 15) is 41.5 Å². The molecule has 4 rings (SSSR count). The summed E-state index contributed by atoms with van der Waals surface area (Å²) in [6.45, 7) is 14.8. The van der Waals surface area contributed by atoms with Gasteiger partial charge in [0.1, 0.15) is 0 Å². The van der Waals surface area contributed by atoms with Gasteiger partial charge in [0.2, 0.25) is 10.4 Å². The molecule has 0 aromatic carbocycles. The molecule has 48 heavy (non-hydrogen) atoms. The molecule has 2 aliphatic heterocycles. The zero-order valence-corrected chi connectivity index (χ0v) is 37.4. The van der Waals surface area contributed by atoms with Gasteiger partial charge in [-0.05, 0) is 93.2 Å². The van der Waals surface area contributed by atoms with Crippen molar-refractivity contribution in [3.63, 3.8) is 0 Å². The van der Waals surface area contributed by atoms with Crippen LogP contribution in [-0.2, 0) is 24.9 Å². The van der Waals surface area contributed by atoms with Crippen molar-refractivity contribution in [3.8, 4) is 0 Å². The maximum Gasteiger partial charge on any atom is 1.00 e. The number of hydrogen-bond donors (Lipinski definition) is 3. The van der Waals surface area contributed by atoms with Crippen LogP contribution < -0.4 is 107 Å². The summed E-state index contributed by atoms with van der Waals surface area (Å²) >= 11 is 0. The third-order valence-electron chi connectivity index (χ3n) is 6.99. The second-order valence-corrected chi connectivity index (χ2v) is 15.4. The molecule has 0 unspecified atom stereocenters. The van der Waals surface area contributed by atoms with Gasteiger partial charge in [-0.15, -0.1) is 3.97 Å². The molecule has 16 nitrogen and oxygen atoms in total. The molecular weight excluding hydrogens is 727 g/mol. The van der Waals surface area contributed by atoms with Gasteiger partial charge in [0.15, 0.2) is 12.4 Å². The predicted octanol–water partition coefficient (Wildman–Crippen LogP) is -4.37. The zero-order chi connectivity index (χ0) is 34.2. The summed E-state index contributed by atoms with van der Waals surface area (Å²) in [5, 5.41) is 31.9. The van der Waals surface area contributed by atoms with E-state index in [1.807, 2.05) is 45.9 Å². The first-order chi connectivity index (χ1) is 19.8. The van der Waals surface area contributed by atoms with Gasteiger partial charge in [0, 0.05) is 46.7 Å². The molecule has 0 amide bonds. The normalized spacial score (nSPS) is 19.9. The van der Waals surface area contributed by atoms with Crippen LogP contribution in [-0.4, -0.2) is 102 Å². The first-order valence-electron chi connectivity index (χ1n) is 13.9. The van der Waals surface area contributed by atoms with E-state index in [0.29, 0.717) is 16.8 Å². The fourth-order valence-electron chi connectivity index (χ4n) is 5.48. The molecular formula is C28H50K2N4O12S2. The minimum atomic E-state index is -4.69. The number of pyridine rings is 2. The Morgan fingerprint density at radius 3 is 1.29 bits per heavy atom. The number of piperidine rings is 2. The summed E-state index contributed by atoms with van der Waals surface area (Å²) in [6, 6.07) is 10.3. The second-order valence-electron chi connectivity index (χ2n) is 13.2. The Morgan fingerprint density at radius 1 is 0.708 bits per heavy atom. The van der Waals surface area contributed by atoms with Crippen molar-refractivity contribution in [2.24, 2.45) is 0 Å². The van der Waals surface area contributed by atoms with E-state index in [-0.39, 0.29) is 144 Å². The Balaban J connectivity index is -0.000000273. The van der Waals surface area contributed by atoms with Gasteiger partial charge >= 0.3 is 113 Å². The molecule has 20 heteroatoms. The topological polar surface area (TPSA) is 269 Å². The van der Waals surface area contributed by atoms with Crippen LogP contribution in [0.1, 0.15) is 81.1 Å². The van der Waals surface area contributed by atoms with Gasteiger partial charge in [-0.25, -0.2) is 8.42 Å². The Bertz CT molecular complexity index is 1310. The fraction of sp³-hybridized carbons (Fsp3) is 0.643. The van der Waals surface area contributed by atoms with Crippen molar-refractivity contribution >= 4 is 20.7 Å². The average Bonchev–Trinajstić information content (AvgIpc) is 2.86. The molecule has 2 aromatic rings. The quantitative estimate of drug-likeness (QED) is 0.115. The molecule has 2 aromatic heterocycles. The minimum absolute atomic E-state index is 0. The number of hydrogen-bond acceptors (Lipinski definition) is 14. The number of aromatic nitrogens is 2. The van der Waals surface area contributed by atoms with Gasteiger partial charge in [-0.1, -0.05) is 12.1 Å². The zero-order valence-electron chi connectivity index (χ0n) is 29.5. The Kier molecular flexibility index (Phi) is 26.7. The van der Waals surface area contributed by atoms with Gasteiger partial charge in [0.05, 0.1) is 12.2 Å². The number of nitrogens with zero attached hydrogens (tertiary/aromatic N) is 4. The summed E-state index contributed by atoms with van der Waals surface area (Å²) in [5.74, 6) is 0. The summed E-state index contributed by atoms with van der Waals surface area (Å²) in [5.41, 5.74) is -1.89. The standard InChI is InChI=1S/C9H19NO5S.C9H19NO2.C5H5NO3S.C5H5N.2K.2H2O/c1-8(2)5-7(15-16(12,13)14)6-9(3,4)10(8)11;1-8(2)5-7(11)6-9(3,4)10(8)12;7-10(8,9)6-4-2-1-3-5-6;1-2-4-6-5-3-1;;;;/h7,11H,5-6H2,1-4H3,(H,12,13,14);7,11-12H,5-6H2,1-4H3;1-5H;1-5H;;;2*1H2/q;;;;2*+1;;/p-2. The van der Waals surface area contributed by atoms with E-state index in [0.717, 1.165) is 0 Å². The molecule has 6 N–H and O–H groups in total. The van der Waals surface area contributed by atoms with Crippen LogP contribution in [0.2, 0.25) is 0 Å². The summed E-state index contributed by atoms with van der Waals surface area (Å²) < 4.78 is 67.4. The number of hydroxylamine groups is 4. The Labute approximate surface area is 370 Å². The van der Waals surface area contributed by atoms with Crippen LogP contribution in [0.3, 0.4) is 0 Å². The van der Waals surface area contributed by atoms with Crippen LogP contribution >= 0.6 is 0 Å². The van der Waals surface area contributed by atoms with Crippen molar-refractivity contribution in [2.75, 3.05) is 0 Å². The van der Waals surface area contributed by atoms with E-state index < -0.39 is 37.9 Å². The number of aliphatic hydroxyl groups is 1. The minimum Gasteiger partial charge on any atom is -0.870 e. The van der Waals surface area contributed by atoms with Crippen molar-refractivity contribution in [2.45, 2.75) is 115 Å². The fourth-order valence-corrected chi connectivity index (χ4v) is 6.38. The summed E-state index contributed by atoms with van der Waals surface area (Å²) in [7, 11) is -9.03. The Morgan fingerprint density at radius 2 is 1.04 bits per heavy atom. The number of rotatable bonds is 3. The molecule has 268 valence electrons. The van der Waals surface area contributed by atoms with E-state index in [4.69, 9.17) is 0 Å². The molecule has 0 atom stereocenters. The molecule has 2 aliphatic rings. The van der Waals surface area contributed by atoms with Crippen LogP contribution in [0.25, 0.3) is 0 Å². The largest absolute Gasteiger partial charge is 1.00 e. The third kappa shape index (κ3) is 20.3. The van der Waals surface area contributed by atoms with Crippen LogP contribution in [0, 0.1) is 0 Å². The van der Waals surface area contributed by atoms with E-state index >= 15 is 0 Å². The van der Waals surface area contributed by atoms with Crippen molar-refractivity contribution in [1.29, 1.82) is 0 Å². The van der Waals surface area contributed by atoms with Crippen LogP contribution in [0.4, 0.5) is 0 Å². The van der Waals surface area contributed by atoms with Gasteiger partial charge in [-0.2, -0.15) is 18.5 Å². The summed E-state index contributed by atoms with van der Waals surface area (Å²) in [6.07, 6.45) is 6.72. The maximum atomic E-state index is 10.5. The monoisotopic (exact) mass is 776 g/mol. The third-order valence-corrected chi connectivity index (χ3v) is 8.25. The SMILES string of the molecule is CC1(C)CC(O)CC(C)(C)N1O.CC1(C)CC(OS(=O)(=O)[O-])CC(C)(C)N1O.O.O=S(=O)([O-])[n+]1ccccc1.[K+].[K+].[OH-].c1ccncc1. The first-order valence-corrected chi connectivity index (χ1v) is 16.6. The molecule has 0 radical (unpaired) electrons. The Hall–Kier alpha value is 1.07. The molecule has 0 bridgehead atoms. The van der Waals surface area contributed by atoms with Crippen molar-refractivity contribution in [3.05, 3.63) is 61.2 Å². The van der Waals surface area contributed by atoms with Crippen LogP contribution in [0.5, 0.6) is 0 Å². The maximum absolute atomic E-state index is 10.5. The second kappa shape index (κ2) is 23.0. The van der Waals surface area contributed by atoms with Crippen molar-refractivity contribution in [1.82, 2.24) is 15.1 Å². The molecule has 0 aliphatic carbocycles. The van der Waals surface area contributed by atoms with Crippen molar-refractivity contribution < 1.29 is 163 Å². The van der Waals surface area contributed by atoms with E-state index in [1.54, 1.807) is 46.2 Å². The molecule has 4 heterocycles. The molecule has 2 fully saturated rings. The van der Waals surface area contributed by atoms with Crippen LogP contribution in [0.15, 0.2) is 61.2 Å². The molecule has 0 saturated carbocycles. The predicted molar refractivity (Wildman–Crippen MR) is 164 cm³/mol. The van der Waals surface area contributed by atoms with Gasteiger partial charge in [0.25, 0.3) is 0 Å².